The zero-order chi connectivity index (χ0) is 9.42. The van der Waals surface area contributed by atoms with Crippen LogP contribution < -0.4 is 4.74 Å². The number of fused-ring (bicyclic) bond motifs is 1. The van der Waals surface area contributed by atoms with E-state index >= 15 is 0 Å². The van der Waals surface area contributed by atoms with Crippen LogP contribution in [0.25, 0.3) is 10.9 Å². The number of benzene rings is 1. The molecule has 2 rings (SSSR count). The number of nitrogens with zero attached hydrogens (tertiary/aromatic N) is 1. The van der Waals surface area contributed by atoms with E-state index in [2.05, 4.69) is 16.3 Å². The summed E-state index contributed by atoms with van der Waals surface area (Å²) in [5, 5.41) is 8.09. The van der Waals surface area contributed by atoms with Crippen LogP contribution in [-0.2, 0) is 0 Å². The first kappa shape index (κ1) is 8.10. The van der Waals surface area contributed by atoms with Crippen LogP contribution in [0.2, 0.25) is 0 Å². The van der Waals surface area contributed by atoms with Crippen molar-refractivity contribution in [2.75, 3.05) is 7.11 Å². The molecule has 0 fully saturated rings. The van der Waals surface area contributed by atoms with E-state index in [1.165, 1.54) is 0 Å². The van der Waals surface area contributed by atoms with Gasteiger partial charge in [-0.15, -0.1) is 0 Å². The molecule has 0 aliphatic rings. The van der Waals surface area contributed by atoms with Crippen molar-refractivity contribution in [2.45, 2.75) is 13.8 Å². The van der Waals surface area contributed by atoms with Crippen molar-refractivity contribution in [2.24, 2.45) is 0 Å². The summed E-state index contributed by atoms with van der Waals surface area (Å²) in [6, 6.07) is 2.07. The van der Waals surface area contributed by atoms with Crippen molar-refractivity contribution in [3.05, 3.63) is 23.4 Å². The minimum atomic E-state index is 0.941. The lowest BCUT2D eigenvalue weighted by atomic mass is 10.1. The fraction of sp³-hybridized carbons (Fsp3) is 0.300. The van der Waals surface area contributed by atoms with Crippen molar-refractivity contribution >= 4 is 10.9 Å². The number of rotatable bonds is 1. The summed E-state index contributed by atoms with van der Waals surface area (Å²) in [4.78, 5) is 0. The number of hydrogen-bond acceptors (Lipinski definition) is 2. The second kappa shape index (κ2) is 2.76. The molecule has 0 saturated carbocycles. The highest BCUT2D eigenvalue weighted by atomic mass is 16.5. The Labute approximate surface area is 76.7 Å². The van der Waals surface area contributed by atoms with E-state index in [4.69, 9.17) is 4.74 Å². The molecule has 0 atom stereocenters. The molecule has 13 heavy (non-hydrogen) atoms. The van der Waals surface area contributed by atoms with Crippen LogP contribution in [0.5, 0.6) is 5.75 Å². The fourth-order valence-corrected chi connectivity index (χ4v) is 1.73. The summed E-state index contributed by atoms with van der Waals surface area (Å²) in [7, 11) is 1.69. The second-order valence-corrected chi connectivity index (χ2v) is 3.19. The van der Waals surface area contributed by atoms with Gasteiger partial charge in [0.15, 0.2) is 0 Å². The van der Waals surface area contributed by atoms with Gasteiger partial charge in [-0.2, -0.15) is 5.10 Å². The molecule has 0 aliphatic heterocycles. The number of aromatic amines is 1. The zero-order valence-electron chi connectivity index (χ0n) is 8.01. The van der Waals surface area contributed by atoms with Crippen LogP contribution in [-0.4, -0.2) is 17.3 Å². The van der Waals surface area contributed by atoms with Crippen LogP contribution in [0, 0.1) is 13.8 Å². The Balaban J connectivity index is 2.85. The summed E-state index contributed by atoms with van der Waals surface area (Å²) in [6.07, 6.45) is 1.83. The van der Waals surface area contributed by atoms with Gasteiger partial charge in [0.25, 0.3) is 0 Å². The standard InChI is InChI=1S/C10H12N2O/c1-6-4-8-5-11-12-9(8)7(2)10(6)13-3/h4-5H,1-3H3,(H,11,12). The Morgan fingerprint density at radius 3 is 2.85 bits per heavy atom. The van der Waals surface area contributed by atoms with E-state index in [-0.39, 0.29) is 0 Å². The van der Waals surface area contributed by atoms with Gasteiger partial charge in [0.05, 0.1) is 18.8 Å². The van der Waals surface area contributed by atoms with Crippen molar-refractivity contribution in [1.82, 2.24) is 10.2 Å². The number of methoxy groups -OCH3 is 1. The number of hydrogen-bond donors (Lipinski definition) is 1. The lowest BCUT2D eigenvalue weighted by molar-refractivity contribution is 0.409. The molecule has 0 unspecified atom stereocenters. The molecule has 0 bridgehead atoms. The topological polar surface area (TPSA) is 37.9 Å². The lowest BCUT2D eigenvalue weighted by Crippen LogP contribution is -1.91. The maximum absolute atomic E-state index is 5.31. The molecule has 0 saturated heterocycles. The Bertz CT molecular complexity index is 445. The average Bonchev–Trinajstić information content (AvgIpc) is 2.53. The molecule has 3 nitrogen and oxygen atoms in total. The highest BCUT2D eigenvalue weighted by Gasteiger charge is 2.08. The predicted molar refractivity (Wildman–Crippen MR) is 52.1 cm³/mol. The van der Waals surface area contributed by atoms with E-state index in [0.29, 0.717) is 0 Å². The third-order valence-corrected chi connectivity index (χ3v) is 2.32. The monoisotopic (exact) mass is 176 g/mol. The lowest BCUT2D eigenvalue weighted by Gasteiger charge is -2.08. The first-order valence-electron chi connectivity index (χ1n) is 4.21. The minimum Gasteiger partial charge on any atom is -0.496 e. The SMILES string of the molecule is COc1c(C)cc2cn[nH]c2c1C. The third kappa shape index (κ3) is 1.08. The smallest absolute Gasteiger partial charge is 0.126 e. The fourth-order valence-electron chi connectivity index (χ4n) is 1.73. The molecular weight excluding hydrogens is 164 g/mol. The maximum atomic E-state index is 5.31. The minimum absolute atomic E-state index is 0.941. The quantitative estimate of drug-likeness (QED) is 0.723. The highest BCUT2D eigenvalue weighted by molar-refractivity contribution is 5.84. The van der Waals surface area contributed by atoms with Gasteiger partial charge in [0.1, 0.15) is 5.75 Å². The number of aromatic nitrogens is 2. The Kier molecular flexibility index (Phi) is 1.72. The largest absolute Gasteiger partial charge is 0.496 e. The predicted octanol–water partition coefficient (Wildman–Crippen LogP) is 2.19. The molecule has 0 amide bonds. The molecule has 1 N–H and O–H groups in total. The summed E-state index contributed by atoms with van der Waals surface area (Å²) >= 11 is 0. The van der Waals surface area contributed by atoms with Crippen LogP contribution in [0.1, 0.15) is 11.1 Å². The Hall–Kier alpha value is -1.51. The van der Waals surface area contributed by atoms with Gasteiger partial charge < -0.3 is 4.74 Å². The van der Waals surface area contributed by atoms with E-state index in [1.807, 2.05) is 20.0 Å². The number of H-pyrrole nitrogens is 1. The molecule has 1 heterocycles. The number of ether oxygens (including phenoxy) is 1. The van der Waals surface area contributed by atoms with E-state index in [0.717, 1.165) is 27.8 Å². The van der Waals surface area contributed by atoms with Gasteiger partial charge in [-0.3, -0.25) is 5.10 Å². The first-order valence-corrected chi connectivity index (χ1v) is 4.21. The molecule has 1 aromatic heterocycles. The first-order chi connectivity index (χ1) is 6.24. The summed E-state index contributed by atoms with van der Waals surface area (Å²) < 4.78 is 5.31. The third-order valence-electron chi connectivity index (χ3n) is 2.32. The molecule has 0 aliphatic carbocycles. The van der Waals surface area contributed by atoms with Gasteiger partial charge in [0.2, 0.25) is 0 Å². The maximum Gasteiger partial charge on any atom is 0.126 e. The summed E-state index contributed by atoms with van der Waals surface area (Å²) in [5.74, 6) is 0.941. The van der Waals surface area contributed by atoms with E-state index < -0.39 is 0 Å². The second-order valence-electron chi connectivity index (χ2n) is 3.19. The number of nitrogens with one attached hydrogen (secondary N) is 1. The summed E-state index contributed by atoms with van der Waals surface area (Å²) in [5.41, 5.74) is 3.33. The van der Waals surface area contributed by atoms with Crippen molar-refractivity contribution in [1.29, 1.82) is 0 Å². The normalized spacial score (nSPS) is 10.7. The number of aryl methyl sites for hydroxylation is 2. The van der Waals surface area contributed by atoms with Crippen molar-refractivity contribution in [3.63, 3.8) is 0 Å². The average molecular weight is 176 g/mol. The van der Waals surface area contributed by atoms with Gasteiger partial charge in [0, 0.05) is 10.9 Å². The Morgan fingerprint density at radius 1 is 1.38 bits per heavy atom. The van der Waals surface area contributed by atoms with E-state index in [1.54, 1.807) is 7.11 Å². The zero-order valence-corrected chi connectivity index (χ0v) is 8.01. The van der Waals surface area contributed by atoms with Crippen molar-refractivity contribution < 1.29 is 4.74 Å². The van der Waals surface area contributed by atoms with Gasteiger partial charge in [-0.25, -0.2) is 0 Å². The molecular formula is C10H12N2O. The molecule has 1 aromatic carbocycles. The molecule has 3 heteroatoms. The van der Waals surface area contributed by atoms with Gasteiger partial charge >= 0.3 is 0 Å². The molecule has 2 aromatic rings. The Morgan fingerprint density at radius 2 is 2.15 bits per heavy atom. The highest BCUT2D eigenvalue weighted by Crippen LogP contribution is 2.29. The van der Waals surface area contributed by atoms with Crippen LogP contribution in [0.15, 0.2) is 12.3 Å². The molecule has 0 spiro atoms. The van der Waals surface area contributed by atoms with Gasteiger partial charge in [-0.05, 0) is 25.5 Å². The molecule has 0 radical (unpaired) electrons. The van der Waals surface area contributed by atoms with Gasteiger partial charge in [-0.1, -0.05) is 0 Å². The van der Waals surface area contributed by atoms with Crippen molar-refractivity contribution in [3.8, 4) is 5.75 Å². The van der Waals surface area contributed by atoms with Crippen LogP contribution in [0.3, 0.4) is 0 Å². The van der Waals surface area contributed by atoms with Crippen LogP contribution in [0.4, 0.5) is 0 Å². The summed E-state index contributed by atoms with van der Waals surface area (Å²) in [6.45, 7) is 4.07. The molecule has 68 valence electrons. The van der Waals surface area contributed by atoms with Crippen LogP contribution >= 0.6 is 0 Å². The van der Waals surface area contributed by atoms with E-state index in [9.17, 15) is 0 Å².